The number of carbonyl (C=O) groups excluding carboxylic acids is 2. The van der Waals surface area contributed by atoms with Crippen LogP contribution in [0.2, 0.25) is 0 Å². The Morgan fingerprint density at radius 3 is 2.39 bits per heavy atom. The number of carbonyl (C=O) groups is 2. The molecule has 2 aromatic carbocycles. The number of halogens is 2. The molecule has 0 aliphatic heterocycles. The molecule has 0 aromatic heterocycles. The quantitative estimate of drug-likeness (QED) is 0.695. The van der Waals surface area contributed by atoms with E-state index in [1.807, 2.05) is 0 Å². The largest absolute Gasteiger partial charge is 0.496 e. The van der Waals surface area contributed by atoms with Crippen LogP contribution in [0.3, 0.4) is 0 Å². The summed E-state index contributed by atoms with van der Waals surface area (Å²) in [6, 6.07) is 5.82. The number of anilines is 1. The van der Waals surface area contributed by atoms with Crippen molar-refractivity contribution in [3.05, 3.63) is 53.6 Å². The fourth-order valence-electron chi connectivity index (χ4n) is 2.13. The number of benzene rings is 2. The summed E-state index contributed by atoms with van der Waals surface area (Å²) in [6.07, 6.45) is -1.39. The Labute approximate surface area is 159 Å². The molecule has 0 fully saturated rings. The third-order valence-corrected chi connectivity index (χ3v) is 4.47. The van der Waals surface area contributed by atoms with Gasteiger partial charge in [-0.05, 0) is 37.3 Å². The second kappa shape index (κ2) is 8.31. The summed E-state index contributed by atoms with van der Waals surface area (Å²) in [5.74, 6) is -3.79. The summed E-state index contributed by atoms with van der Waals surface area (Å²) >= 11 is 0. The summed E-state index contributed by atoms with van der Waals surface area (Å²) in [6.45, 7) is 1.21. The fraction of sp³-hybridized carbons (Fsp3) is 0.176. The van der Waals surface area contributed by atoms with Crippen LogP contribution >= 0.6 is 0 Å². The van der Waals surface area contributed by atoms with E-state index in [2.05, 4.69) is 5.32 Å². The Balaban J connectivity index is 2.18. The number of methoxy groups -OCH3 is 1. The molecule has 0 saturated carbocycles. The molecular weight excluding hydrogens is 398 g/mol. The Morgan fingerprint density at radius 2 is 1.82 bits per heavy atom. The van der Waals surface area contributed by atoms with E-state index < -0.39 is 39.6 Å². The van der Waals surface area contributed by atoms with Crippen LogP contribution in [-0.2, 0) is 19.6 Å². The number of nitrogens with two attached hydrogens (primary N) is 1. The minimum atomic E-state index is -4.09. The van der Waals surface area contributed by atoms with Gasteiger partial charge in [-0.25, -0.2) is 27.1 Å². The van der Waals surface area contributed by atoms with Crippen molar-refractivity contribution in [3.8, 4) is 5.75 Å². The zero-order valence-electron chi connectivity index (χ0n) is 14.7. The van der Waals surface area contributed by atoms with Crippen molar-refractivity contribution < 1.29 is 36.3 Å². The second-order valence-electron chi connectivity index (χ2n) is 5.57. The van der Waals surface area contributed by atoms with E-state index in [9.17, 15) is 26.8 Å². The molecule has 150 valence electrons. The lowest BCUT2D eigenvalue weighted by molar-refractivity contribution is -0.123. The van der Waals surface area contributed by atoms with E-state index in [4.69, 9.17) is 14.6 Å². The number of esters is 1. The number of hydrogen-bond donors (Lipinski definition) is 2. The van der Waals surface area contributed by atoms with Crippen LogP contribution < -0.4 is 15.2 Å². The number of amides is 1. The smallest absolute Gasteiger partial charge is 0.342 e. The van der Waals surface area contributed by atoms with Crippen LogP contribution in [0, 0.1) is 11.6 Å². The first-order chi connectivity index (χ1) is 13.0. The fourth-order valence-corrected chi connectivity index (χ4v) is 2.67. The van der Waals surface area contributed by atoms with E-state index in [0.29, 0.717) is 6.07 Å². The lowest BCUT2D eigenvalue weighted by Gasteiger charge is -2.15. The zero-order valence-corrected chi connectivity index (χ0v) is 15.5. The maximum atomic E-state index is 13.6. The summed E-state index contributed by atoms with van der Waals surface area (Å²) in [5, 5.41) is 7.18. The number of rotatable bonds is 6. The molecule has 0 bridgehead atoms. The Kier molecular flexibility index (Phi) is 6.31. The van der Waals surface area contributed by atoms with Gasteiger partial charge in [-0.15, -0.1) is 0 Å². The first-order valence-electron chi connectivity index (χ1n) is 7.70. The molecule has 0 spiro atoms. The maximum Gasteiger partial charge on any atom is 0.342 e. The van der Waals surface area contributed by atoms with E-state index in [1.54, 1.807) is 0 Å². The van der Waals surface area contributed by atoms with Gasteiger partial charge in [0.25, 0.3) is 5.91 Å². The van der Waals surface area contributed by atoms with Gasteiger partial charge in [-0.1, -0.05) is 0 Å². The Bertz CT molecular complexity index is 1030. The number of sulfonamides is 1. The summed E-state index contributed by atoms with van der Waals surface area (Å²) in [7, 11) is -2.85. The average Bonchev–Trinajstić information content (AvgIpc) is 2.62. The minimum absolute atomic E-state index is 0.00501. The van der Waals surface area contributed by atoms with Crippen molar-refractivity contribution >= 4 is 27.6 Å². The van der Waals surface area contributed by atoms with E-state index >= 15 is 0 Å². The monoisotopic (exact) mass is 414 g/mol. The summed E-state index contributed by atoms with van der Waals surface area (Å²) in [4.78, 5) is 24.1. The molecule has 0 aliphatic rings. The van der Waals surface area contributed by atoms with Gasteiger partial charge in [-0.3, -0.25) is 4.79 Å². The molecule has 28 heavy (non-hydrogen) atoms. The molecule has 2 aromatic rings. The molecule has 0 radical (unpaired) electrons. The first-order valence-corrected chi connectivity index (χ1v) is 9.25. The number of primary sulfonamides is 1. The van der Waals surface area contributed by atoms with Crippen molar-refractivity contribution in [2.24, 2.45) is 5.14 Å². The molecule has 1 unspecified atom stereocenters. The zero-order chi connectivity index (χ0) is 21.1. The molecule has 0 saturated heterocycles. The third kappa shape index (κ3) is 5.02. The van der Waals surface area contributed by atoms with Gasteiger partial charge in [0.05, 0.1) is 17.7 Å². The van der Waals surface area contributed by atoms with Crippen LogP contribution in [0.25, 0.3) is 0 Å². The highest BCUT2D eigenvalue weighted by atomic mass is 32.2. The third-order valence-electron chi connectivity index (χ3n) is 3.56. The molecular formula is C17H16F2N2O6S. The van der Waals surface area contributed by atoms with Crippen LogP contribution in [0.4, 0.5) is 14.5 Å². The van der Waals surface area contributed by atoms with Gasteiger partial charge in [0.2, 0.25) is 10.0 Å². The van der Waals surface area contributed by atoms with Gasteiger partial charge in [0, 0.05) is 6.07 Å². The van der Waals surface area contributed by atoms with Crippen molar-refractivity contribution in [1.82, 2.24) is 0 Å². The maximum absolute atomic E-state index is 13.6. The lowest BCUT2D eigenvalue weighted by atomic mass is 10.2. The van der Waals surface area contributed by atoms with Gasteiger partial charge < -0.3 is 14.8 Å². The van der Waals surface area contributed by atoms with E-state index in [0.717, 1.165) is 24.3 Å². The van der Waals surface area contributed by atoms with Gasteiger partial charge in [-0.2, -0.15) is 0 Å². The molecule has 3 N–H and O–H groups in total. The van der Waals surface area contributed by atoms with Gasteiger partial charge in [0.15, 0.2) is 6.10 Å². The molecule has 1 atom stereocenters. The average molecular weight is 414 g/mol. The van der Waals surface area contributed by atoms with E-state index in [1.165, 1.54) is 20.1 Å². The molecule has 2 rings (SSSR count). The van der Waals surface area contributed by atoms with Crippen LogP contribution in [-0.4, -0.2) is 33.5 Å². The number of hydrogen-bond acceptors (Lipinski definition) is 6. The number of nitrogens with one attached hydrogen (secondary N) is 1. The normalized spacial score (nSPS) is 12.2. The van der Waals surface area contributed by atoms with E-state index in [-0.39, 0.29) is 21.9 Å². The van der Waals surface area contributed by atoms with Crippen molar-refractivity contribution in [3.63, 3.8) is 0 Å². The van der Waals surface area contributed by atoms with Crippen LogP contribution in [0.15, 0.2) is 41.3 Å². The van der Waals surface area contributed by atoms with Crippen molar-refractivity contribution in [2.75, 3.05) is 12.4 Å². The Hall–Kier alpha value is -3.05. The molecule has 8 nitrogen and oxygen atoms in total. The highest BCUT2D eigenvalue weighted by Crippen LogP contribution is 2.23. The first kappa shape index (κ1) is 21.3. The SMILES string of the molecule is COc1ccc(S(N)(=O)=O)cc1C(=O)OC(C)C(=O)Nc1ccc(F)cc1F. The minimum Gasteiger partial charge on any atom is -0.496 e. The highest BCUT2D eigenvalue weighted by molar-refractivity contribution is 7.89. The lowest BCUT2D eigenvalue weighted by Crippen LogP contribution is -2.30. The van der Waals surface area contributed by atoms with Crippen molar-refractivity contribution in [1.29, 1.82) is 0 Å². The van der Waals surface area contributed by atoms with Crippen molar-refractivity contribution in [2.45, 2.75) is 17.9 Å². The predicted molar refractivity (Wildman–Crippen MR) is 94.2 cm³/mol. The number of ether oxygens (including phenoxy) is 2. The second-order valence-corrected chi connectivity index (χ2v) is 7.13. The Morgan fingerprint density at radius 1 is 1.14 bits per heavy atom. The standard InChI is InChI=1S/C17H16F2N2O6S/c1-9(16(22)21-14-5-3-10(18)7-13(14)19)27-17(23)12-8-11(28(20,24)25)4-6-15(12)26-2/h3-9H,1-2H3,(H,21,22)(H2,20,24,25). The molecule has 11 heteroatoms. The summed E-state index contributed by atoms with van der Waals surface area (Å²) < 4.78 is 59.4. The van der Waals surface area contributed by atoms with Gasteiger partial charge >= 0.3 is 5.97 Å². The molecule has 0 heterocycles. The van der Waals surface area contributed by atoms with Crippen LogP contribution in [0.5, 0.6) is 5.75 Å². The van der Waals surface area contributed by atoms with Gasteiger partial charge in [0.1, 0.15) is 22.9 Å². The molecule has 0 aliphatic carbocycles. The summed E-state index contributed by atoms with van der Waals surface area (Å²) in [5.41, 5.74) is -0.579. The predicted octanol–water partition coefficient (Wildman–Crippen LogP) is 1.80. The molecule has 1 amide bonds. The highest BCUT2D eigenvalue weighted by Gasteiger charge is 2.24. The van der Waals surface area contributed by atoms with Crippen LogP contribution in [0.1, 0.15) is 17.3 Å². The topological polar surface area (TPSA) is 125 Å².